The molecule has 0 aliphatic rings. The molecule has 3 rings (SSSR count). The molecule has 3 heteroatoms. The zero-order valence-corrected chi connectivity index (χ0v) is 12.6. The molecule has 0 aliphatic carbocycles. The van der Waals surface area contributed by atoms with Gasteiger partial charge in [-0.3, -0.25) is 9.78 Å². The fourth-order valence-electron chi connectivity index (χ4n) is 2.47. The van der Waals surface area contributed by atoms with Gasteiger partial charge in [-0.1, -0.05) is 36.4 Å². The highest BCUT2D eigenvalue weighted by molar-refractivity contribution is 5.97. The fourth-order valence-corrected chi connectivity index (χ4v) is 2.47. The molecule has 0 fully saturated rings. The number of carbonyl (C=O) groups excluding carboxylic acids is 1. The van der Waals surface area contributed by atoms with Gasteiger partial charge in [-0.2, -0.15) is 0 Å². The van der Waals surface area contributed by atoms with Crippen molar-refractivity contribution in [3.05, 3.63) is 78.0 Å². The van der Waals surface area contributed by atoms with Crippen LogP contribution < -0.4 is 0 Å². The summed E-state index contributed by atoms with van der Waals surface area (Å²) in [4.78, 5) is 18.6. The van der Waals surface area contributed by atoms with Gasteiger partial charge in [0.2, 0.25) is 0 Å². The average molecular weight is 290 g/mol. The average Bonchev–Trinajstić information content (AvgIpc) is 2.59. The van der Waals surface area contributed by atoms with E-state index in [1.54, 1.807) is 11.1 Å². The highest BCUT2D eigenvalue weighted by atomic mass is 16.2. The summed E-state index contributed by atoms with van der Waals surface area (Å²) in [5, 5.41) is 0.991. The monoisotopic (exact) mass is 290 g/mol. The molecule has 1 heterocycles. The molecule has 0 saturated heterocycles. The fraction of sp³-hybridized carbons (Fsp3) is 0.158. The topological polar surface area (TPSA) is 33.2 Å². The van der Waals surface area contributed by atoms with Crippen LogP contribution in [-0.4, -0.2) is 29.4 Å². The quantitative estimate of drug-likeness (QED) is 0.736. The van der Waals surface area contributed by atoms with Gasteiger partial charge in [0.1, 0.15) is 0 Å². The molecular formula is C19H18N2O. The number of hydrogen-bond acceptors (Lipinski definition) is 2. The lowest BCUT2D eigenvalue weighted by atomic mass is 10.1. The minimum Gasteiger partial charge on any atom is -0.341 e. The molecule has 0 unspecified atom stereocenters. The Hall–Kier alpha value is -2.68. The van der Waals surface area contributed by atoms with E-state index in [1.165, 1.54) is 5.56 Å². The zero-order chi connectivity index (χ0) is 15.4. The molecule has 3 nitrogen and oxygen atoms in total. The largest absolute Gasteiger partial charge is 0.341 e. The van der Waals surface area contributed by atoms with Crippen LogP contribution in [0, 0.1) is 0 Å². The van der Waals surface area contributed by atoms with Crippen molar-refractivity contribution in [2.75, 3.05) is 13.6 Å². The summed E-state index contributed by atoms with van der Waals surface area (Å²) in [6, 6.07) is 19.7. The van der Waals surface area contributed by atoms with Crippen LogP contribution in [0.15, 0.2) is 66.9 Å². The lowest BCUT2D eigenvalue weighted by Crippen LogP contribution is -2.28. The summed E-state index contributed by atoms with van der Waals surface area (Å²) in [7, 11) is 1.85. The summed E-state index contributed by atoms with van der Waals surface area (Å²) < 4.78 is 0. The Labute approximate surface area is 130 Å². The minimum atomic E-state index is 0.0432. The molecule has 0 saturated carbocycles. The van der Waals surface area contributed by atoms with Gasteiger partial charge < -0.3 is 4.90 Å². The summed E-state index contributed by atoms with van der Waals surface area (Å²) >= 11 is 0. The van der Waals surface area contributed by atoms with Crippen LogP contribution in [0.25, 0.3) is 10.9 Å². The predicted molar refractivity (Wildman–Crippen MR) is 88.8 cm³/mol. The van der Waals surface area contributed by atoms with Crippen LogP contribution >= 0.6 is 0 Å². The van der Waals surface area contributed by atoms with Crippen molar-refractivity contribution in [3.63, 3.8) is 0 Å². The van der Waals surface area contributed by atoms with Crippen LogP contribution in [0.1, 0.15) is 15.9 Å². The number of amides is 1. The molecule has 0 atom stereocenters. The van der Waals surface area contributed by atoms with E-state index in [9.17, 15) is 4.79 Å². The summed E-state index contributed by atoms with van der Waals surface area (Å²) in [6.45, 7) is 0.702. The van der Waals surface area contributed by atoms with Crippen molar-refractivity contribution in [3.8, 4) is 0 Å². The van der Waals surface area contributed by atoms with Gasteiger partial charge in [0.15, 0.2) is 0 Å². The molecule has 1 amide bonds. The third-order valence-corrected chi connectivity index (χ3v) is 3.78. The molecule has 0 spiro atoms. The number of benzene rings is 2. The molecule has 0 bridgehead atoms. The maximum absolute atomic E-state index is 12.5. The van der Waals surface area contributed by atoms with Crippen molar-refractivity contribution in [1.82, 2.24) is 9.88 Å². The Morgan fingerprint density at radius 3 is 2.68 bits per heavy atom. The molecule has 2 aromatic carbocycles. The standard InChI is InChI=1S/C19H18N2O/c1-21(13-11-15-6-3-2-4-7-15)19(22)17-9-10-18-16(14-17)8-5-12-20-18/h2-10,12,14H,11,13H2,1H3. The van der Waals surface area contributed by atoms with E-state index in [0.717, 1.165) is 17.3 Å². The van der Waals surface area contributed by atoms with Gasteiger partial charge in [-0.05, 0) is 36.2 Å². The van der Waals surface area contributed by atoms with Gasteiger partial charge in [0.25, 0.3) is 5.91 Å². The van der Waals surface area contributed by atoms with Crippen LogP contribution in [0.4, 0.5) is 0 Å². The Balaban J connectivity index is 1.71. The van der Waals surface area contributed by atoms with Crippen molar-refractivity contribution in [2.24, 2.45) is 0 Å². The summed E-state index contributed by atoms with van der Waals surface area (Å²) in [5.74, 6) is 0.0432. The molecule has 0 aliphatic heterocycles. The number of carbonyl (C=O) groups is 1. The highest BCUT2D eigenvalue weighted by Gasteiger charge is 2.12. The third-order valence-electron chi connectivity index (χ3n) is 3.78. The second-order valence-corrected chi connectivity index (χ2v) is 5.37. The van der Waals surface area contributed by atoms with Crippen LogP contribution in [0.3, 0.4) is 0 Å². The highest BCUT2D eigenvalue weighted by Crippen LogP contribution is 2.14. The first-order chi connectivity index (χ1) is 10.7. The number of pyridine rings is 1. The number of hydrogen-bond donors (Lipinski definition) is 0. The molecule has 3 aromatic rings. The minimum absolute atomic E-state index is 0.0432. The van der Waals surface area contributed by atoms with E-state index in [1.807, 2.05) is 55.6 Å². The van der Waals surface area contributed by atoms with E-state index >= 15 is 0 Å². The molecular weight excluding hydrogens is 272 g/mol. The van der Waals surface area contributed by atoms with Gasteiger partial charge in [-0.25, -0.2) is 0 Å². The van der Waals surface area contributed by atoms with Crippen LogP contribution in [-0.2, 0) is 6.42 Å². The van der Waals surface area contributed by atoms with Crippen LogP contribution in [0.5, 0.6) is 0 Å². The Kier molecular flexibility index (Phi) is 4.15. The van der Waals surface area contributed by atoms with E-state index < -0.39 is 0 Å². The second kappa shape index (κ2) is 6.39. The van der Waals surface area contributed by atoms with Crippen molar-refractivity contribution in [2.45, 2.75) is 6.42 Å². The van der Waals surface area contributed by atoms with Crippen molar-refractivity contribution >= 4 is 16.8 Å². The third kappa shape index (κ3) is 3.14. The molecule has 0 N–H and O–H groups in total. The number of likely N-dealkylation sites (N-methyl/N-ethyl adjacent to an activating group) is 1. The van der Waals surface area contributed by atoms with Crippen molar-refractivity contribution < 1.29 is 4.79 Å². The number of aromatic nitrogens is 1. The number of rotatable bonds is 4. The Morgan fingerprint density at radius 2 is 1.86 bits per heavy atom. The van der Waals surface area contributed by atoms with Gasteiger partial charge in [0, 0.05) is 30.7 Å². The van der Waals surface area contributed by atoms with Gasteiger partial charge in [-0.15, -0.1) is 0 Å². The molecule has 110 valence electrons. The predicted octanol–water partition coefficient (Wildman–Crippen LogP) is 3.55. The van der Waals surface area contributed by atoms with Gasteiger partial charge >= 0.3 is 0 Å². The lowest BCUT2D eigenvalue weighted by molar-refractivity contribution is 0.0797. The first-order valence-corrected chi connectivity index (χ1v) is 7.38. The van der Waals surface area contributed by atoms with Crippen molar-refractivity contribution in [1.29, 1.82) is 0 Å². The molecule has 1 aromatic heterocycles. The maximum Gasteiger partial charge on any atom is 0.253 e. The van der Waals surface area contributed by atoms with E-state index in [2.05, 4.69) is 17.1 Å². The smallest absolute Gasteiger partial charge is 0.253 e. The maximum atomic E-state index is 12.5. The van der Waals surface area contributed by atoms with E-state index in [4.69, 9.17) is 0 Å². The van der Waals surface area contributed by atoms with E-state index in [-0.39, 0.29) is 5.91 Å². The molecule has 22 heavy (non-hydrogen) atoms. The zero-order valence-electron chi connectivity index (χ0n) is 12.6. The first-order valence-electron chi connectivity index (χ1n) is 7.38. The number of fused-ring (bicyclic) bond motifs is 1. The Morgan fingerprint density at radius 1 is 1.05 bits per heavy atom. The van der Waals surface area contributed by atoms with Gasteiger partial charge in [0.05, 0.1) is 5.52 Å². The molecule has 0 radical (unpaired) electrons. The van der Waals surface area contributed by atoms with E-state index in [0.29, 0.717) is 12.1 Å². The SMILES string of the molecule is CN(CCc1ccccc1)C(=O)c1ccc2ncccc2c1. The summed E-state index contributed by atoms with van der Waals surface area (Å²) in [5.41, 5.74) is 2.85. The Bertz CT molecular complexity index is 784. The summed E-state index contributed by atoms with van der Waals surface area (Å²) in [6.07, 6.45) is 2.62. The number of nitrogens with zero attached hydrogens (tertiary/aromatic N) is 2. The normalized spacial score (nSPS) is 10.6. The lowest BCUT2D eigenvalue weighted by Gasteiger charge is -2.17. The second-order valence-electron chi connectivity index (χ2n) is 5.37. The van der Waals surface area contributed by atoms with Crippen LogP contribution in [0.2, 0.25) is 0 Å². The first kappa shape index (κ1) is 14.3.